The summed E-state index contributed by atoms with van der Waals surface area (Å²) in [5, 5.41) is 2.72. The molecule has 3 aromatic carbocycles. The van der Waals surface area contributed by atoms with Crippen molar-refractivity contribution in [2.24, 2.45) is 0 Å². The first-order valence-electron chi connectivity index (χ1n) is 9.81. The van der Waals surface area contributed by atoms with Gasteiger partial charge in [-0.05, 0) is 55.0 Å². The van der Waals surface area contributed by atoms with Crippen molar-refractivity contribution in [1.82, 2.24) is 4.72 Å². The summed E-state index contributed by atoms with van der Waals surface area (Å²) in [6, 6.07) is 19.7. The normalized spacial score (nSPS) is 12.4. The smallest absolute Gasteiger partial charge is 0.241 e. The number of rotatable bonds is 7. The molecule has 0 unspecified atom stereocenters. The number of carbonyl (C=O) groups excluding carboxylic acids is 1. The molecule has 5 nitrogen and oxygen atoms in total. The highest BCUT2D eigenvalue weighted by Crippen LogP contribution is 2.31. The van der Waals surface area contributed by atoms with Crippen molar-refractivity contribution in [2.75, 3.05) is 11.6 Å². The van der Waals surface area contributed by atoms with Crippen LogP contribution in [0.2, 0.25) is 0 Å². The lowest BCUT2D eigenvalue weighted by Gasteiger charge is -2.22. The fraction of sp³-hybridized carbons (Fsp3) is 0.208. The van der Waals surface area contributed by atoms with Crippen LogP contribution in [0.25, 0.3) is 0 Å². The molecule has 3 rings (SSSR count). The van der Waals surface area contributed by atoms with Crippen molar-refractivity contribution >= 4 is 33.4 Å². The van der Waals surface area contributed by atoms with E-state index in [2.05, 4.69) is 10.0 Å². The Hall–Kier alpha value is -2.61. The van der Waals surface area contributed by atoms with Gasteiger partial charge in [0, 0.05) is 11.8 Å². The standard InChI is InChI=1S/C24H26N2O3S2/c1-16-10-12-21(17(2)14-16)24(19-8-6-5-7-9-19)26-31(28,29)20-11-13-23(30-4)22(15-20)25-18(3)27/h5-15,24,26H,1-4H3,(H,25,27)/t24-/m1/s1. The fourth-order valence-electron chi connectivity index (χ4n) is 3.47. The van der Waals surface area contributed by atoms with Crippen molar-refractivity contribution < 1.29 is 13.2 Å². The van der Waals surface area contributed by atoms with Crippen LogP contribution in [0.4, 0.5) is 5.69 Å². The molecule has 0 spiro atoms. The zero-order valence-corrected chi connectivity index (χ0v) is 19.6. The van der Waals surface area contributed by atoms with Crippen molar-refractivity contribution in [1.29, 1.82) is 0 Å². The molecule has 0 fully saturated rings. The van der Waals surface area contributed by atoms with Crippen LogP contribution in [0.1, 0.15) is 35.2 Å². The average molecular weight is 455 g/mol. The molecular weight excluding hydrogens is 428 g/mol. The zero-order valence-electron chi connectivity index (χ0n) is 18.0. The Labute approximate surface area is 188 Å². The molecule has 0 aliphatic carbocycles. The monoisotopic (exact) mass is 454 g/mol. The molecule has 7 heteroatoms. The SMILES string of the molecule is CSc1ccc(S(=O)(=O)N[C@H](c2ccccc2)c2ccc(C)cc2C)cc1NC(C)=O. The molecule has 0 saturated carbocycles. The zero-order chi connectivity index (χ0) is 22.6. The summed E-state index contributed by atoms with van der Waals surface area (Å²) in [6.45, 7) is 5.39. The van der Waals surface area contributed by atoms with Gasteiger partial charge in [-0.25, -0.2) is 8.42 Å². The number of hydrogen-bond acceptors (Lipinski definition) is 4. The Balaban J connectivity index is 2.05. The van der Waals surface area contributed by atoms with Gasteiger partial charge >= 0.3 is 0 Å². The topological polar surface area (TPSA) is 75.3 Å². The number of nitrogens with one attached hydrogen (secondary N) is 2. The Kier molecular flexibility index (Phi) is 7.20. The second-order valence-electron chi connectivity index (χ2n) is 7.37. The first kappa shape index (κ1) is 23.1. The van der Waals surface area contributed by atoms with Crippen LogP contribution in [0.5, 0.6) is 0 Å². The molecule has 0 bridgehead atoms. The molecule has 162 valence electrons. The van der Waals surface area contributed by atoms with Gasteiger partial charge in [-0.1, -0.05) is 54.1 Å². The minimum Gasteiger partial charge on any atom is -0.325 e. The summed E-state index contributed by atoms with van der Waals surface area (Å²) in [7, 11) is -3.88. The number of aryl methyl sites for hydroxylation is 2. The van der Waals surface area contributed by atoms with Crippen LogP contribution in [0.3, 0.4) is 0 Å². The highest BCUT2D eigenvalue weighted by atomic mass is 32.2. The van der Waals surface area contributed by atoms with Crippen molar-refractivity contribution in [3.63, 3.8) is 0 Å². The summed E-state index contributed by atoms with van der Waals surface area (Å²) >= 11 is 1.44. The van der Waals surface area contributed by atoms with Gasteiger partial charge in [0.15, 0.2) is 0 Å². The van der Waals surface area contributed by atoms with E-state index in [1.807, 2.05) is 68.6 Å². The number of carbonyl (C=O) groups is 1. The first-order chi connectivity index (χ1) is 14.7. The predicted octanol–water partition coefficient (Wildman–Crippen LogP) is 5.05. The summed E-state index contributed by atoms with van der Waals surface area (Å²) in [6.07, 6.45) is 1.87. The van der Waals surface area contributed by atoms with E-state index in [1.165, 1.54) is 24.8 Å². The number of hydrogen-bond donors (Lipinski definition) is 2. The second kappa shape index (κ2) is 9.68. The first-order valence-corrected chi connectivity index (χ1v) is 12.5. The van der Waals surface area contributed by atoms with E-state index in [-0.39, 0.29) is 10.8 Å². The maximum absolute atomic E-state index is 13.4. The number of anilines is 1. The third-order valence-corrected chi connectivity index (χ3v) is 7.15. The minimum absolute atomic E-state index is 0.0970. The Morgan fingerprint density at radius 2 is 1.68 bits per heavy atom. The van der Waals surface area contributed by atoms with Gasteiger partial charge in [0.2, 0.25) is 15.9 Å². The van der Waals surface area contributed by atoms with Gasteiger partial charge in [-0.2, -0.15) is 4.72 Å². The average Bonchev–Trinajstić information content (AvgIpc) is 2.72. The van der Waals surface area contributed by atoms with Crippen LogP contribution in [-0.2, 0) is 14.8 Å². The summed E-state index contributed by atoms with van der Waals surface area (Å²) in [5.74, 6) is -0.254. The molecule has 3 aromatic rings. The highest BCUT2D eigenvalue weighted by molar-refractivity contribution is 7.98. The Morgan fingerprint density at radius 1 is 0.968 bits per heavy atom. The molecule has 1 amide bonds. The van der Waals surface area contributed by atoms with Crippen molar-refractivity contribution in [2.45, 2.75) is 36.6 Å². The van der Waals surface area contributed by atoms with Crippen LogP contribution in [-0.4, -0.2) is 20.6 Å². The van der Waals surface area contributed by atoms with Gasteiger partial charge in [0.25, 0.3) is 0 Å². The summed E-state index contributed by atoms with van der Waals surface area (Å²) < 4.78 is 29.6. The van der Waals surface area contributed by atoms with E-state index < -0.39 is 16.1 Å². The summed E-state index contributed by atoms with van der Waals surface area (Å²) in [4.78, 5) is 12.5. The molecule has 0 aromatic heterocycles. The van der Waals surface area contributed by atoms with E-state index in [1.54, 1.807) is 12.1 Å². The largest absolute Gasteiger partial charge is 0.325 e. The van der Waals surface area contributed by atoms with Crippen LogP contribution in [0, 0.1) is 13.8 Å². The van der Waals surface area contributed by atoms with E-state index >= 15 is 0 Å². The molecule has 1 atom stereocenters. The third-order valence-electron chi connectivity index (χ3n) is 4.93. The van der Waals surface area contributed by atoms with Crippen LogP contribution < -0.4 is 10.0 Å². The fourth-order valence-corrected chi connectivity index (χ4v) is 5.23. The maximum Gasteiger partial charge on any atom is 0.241 e. The molecule has 0 heterocycles. The Bertz CT molecular complexity index is 1190. The van der Waals surface area contributed by atoms with E-state index in [0.29, 0.717) is 5.69 Å². The molecule has 31 heavy (non-hydrogen) atoms. The number of sulfonamides is 1. The van der Waals surface area contributed by atoms with Crippen LogP contribution >= 0.6 is 11.8 Å². The number of amides is 1. The highest BCUT2D eigenvalue weighted by Gasteiger charge is 2.25. The maximum atomic E-state index is 13.4. The number of benzene rings is 3. The predicted molar refractivity (Wildman–Crippen MR) is 127 cm³/mol. The molecule has 0 aliphatic rings. The molecule has 0 saturated heterocycles. The van der Waals surface area contributed by atoms with Crippen LogP contribution in [0.15, 0.2) is 76.5 Å². The van der Waals surface area contributed by atoms with Gasteiger partial charge < -0.3 is 5.32 Å². The molecule has 0 radical (unpaired) electrons. The molecular formula is C24H26N2O3S2. The van der Waals surface area contributed by atoms with Crippen molar-refractivity contribution in [3.05, 3.63) is 89.0 Å². The van der Waals surface area contributed by atoms with Crippen molar-refractivity contribution in [3.8, 4) is 0 Å². The van der Waals surface area contributed by atoms with Gasteiger partial charge in [-0.15, -0.1) is 11.8 Å². The van der Waals surface area contributed by atoms with E-state index in [9.17, 15) is 13.2 Å². The quantitative estimate of drug-likeness (QED) is 0.490. The van der Waals surface area contributed by atoms with Gasteiger partial charge in [0.1, 0.15) is 0 Å². The van der Waals surface area contributed by atoms with E-state index in [0.717, 1.165) is 27.1 Å². The Morgan fingerprint density at radius 3 is 2.29 bits per heavy atom. The minimum atomic E-state index is -3.88. The second-order valence-corrected chi connectivity index (χ2v) is 9.93. The number of thioether (sulfide) groups is 1. The summed E-state index contributed by atoms with van der Waals surface area (Å²) in [5.41, 5.74) is 4.34. The molecule has 2 N–H and O–H groups in total. The lowest BCUT2D eigenvalue weighted by atomic mass is 9.95. The third kappa shape index (κ3) is 5.55. The van der Waals surface area contributed by atoms with Gasteiger partial charge in [-0.3, -0.25) is 4.79 Å². The van der Waals surface area contributed by atoms with E-state index in [4.69, 9.17) is 0 Å². The lowest BCUT2D eigenvalue weighted by Crippen LogP contribution is -2.30. The molecule has 0 aliphatic heterocycles. The lowest BCUT2D eigenvalue weighted by molar-refractivity contribution is -0.114. The van der Waals surface area contributed by atoms with Gasteiger partial charge in [0.05, 0.1) is 16.6 Å².